The Balaban J connectivity index is 1.52. The summed E-state index contributed by atoms with van der Waals surface area (Å²) in [4.78, 5) is 14.2. The third kappa shape index (κ3) is 2.92. The van der Waals surface area contributed by atoms with Crippen molar-refractivity contribution in [3.8, 4) is 5.75 Å². The van der Waals surface area contributed by atoms with Crippen LogP contribution in [0.2, 0.25) is 0 Å². The molecule has 1 fully saturated rings. The van der Waals surface area contributed by atoms with Crippen molar-refractivity contribution in [3.05, 3.63) is 48.4 Å². The molecule has 6 heteroatoms. The summed E-state index contributed by atoms with van der Waals surface area (Å²) in [6, 6.07) is 10.2. The van der Waals surface area contributed by atoms with E-state index in [1.807, 2.05) is 24.4 Å². The van der Waals surface area contributed by atoms with Crippen LogP contribution < -0.4 is 9.64 Å². The summed E-state index contributed by atoms with van der Waals surface area (Å²) < 4.78 is 11.3. The molecular weight excluding hydrogens is 304 g/mol. The summed E-state index contributed by atoms with van der Waals surface area (Å²) in [5.74, 6) is 1.85. The molecule has 3 aromatic rings. The average Bonchev–Trinajstić information content (AvgIpc) is 3.11. The number of hydrogen-bond donors (Lipinski definition) is 1. The maximum absolute atomic E-state index is 5.97. The van der Waals surface area contributed by atoms with Gasteiger partial charge in [0.1, 0.15) is 23.5 Å². The van der Waals surface area contributed by atoms with Gasteiger partial charge < -0.3 is 19.4 Å². The summed E-state index contributed by atoms with van der Waals surface area (Å²) in [6.45, 7) is 2.35. The lowest BCUT2D eigenvalue weighted by atomic mass is 10.1. The summed E-state index contributed by atoms with van der Waals surface area (Å²) in [5, 5.41) is 1.06. The van der Waals surface area contributed by atoms with Crippen molar-refractivity contribution in [1.82, 2.24) is 15.0 Å². The minimum atomic E-state index is 0.134. The number of nitrogens with zero attached hydrogens (tertiary/aromatic N) is 3. The van der Waals surface area contributed by atoms with Crippen LogP contribution in [0.25, 0.3) is 11.0 Å². The second-order valence-electron chi connectivity index (χ2n) is 5.93. The highest BCUT2D eigenvalue weighted by molar-refractivity contribution is 5.87. The molecule has 1 aromatic carbocycles. The number of anilines is 1. The van der Waals surface area contributed by atoms with E-state index in [9.17, 15) is 0 Å². The van der Waals surface area contributed by atoms with Gasteiger partial charge in [0.2, 0.25) is 0 Å². The predicted octanol–water partition coefficient (Wildman–Crippen LogP) is 2.41. The van der Waals surface area contributed by atoms with Crippen LogP contribution in [0.5, 0.6) is 5.75 Å². The lowest BCUT2D eigenvalue weighted by Gasteiger charge is -2.34. The number of rotatable bonds is 4. The first kappa shape index (κ1) is 15.0. The molecule has 24 heavy (non-hydrogen) atoms. The van der Waals surface area contributed by atoms with Crippen LogP contribution >= 0.6 is 0 Å². The molecule has 0 bridgehead atoms. The molecule has 6 nitrogen and oxygen atoms in total. The fourth-order valence-corrected chi connectivity index (χ4v) is 3.21. The van der Waals surface area contributed by atoms with Crippen molar-refractivity contribution in [2.45, 2.75) is 12.5 Å². The van der Waals surface area contributed by atoms with Crippen molar-refractivity contribution in [3.63, 3.8) is 0 Å². The Morgan fingerprint density at radius 2 is 2.29 bits per heavy atom. The van der Waals surface area contributed by atoms with Gasteiger partial charge >= 0.3 is 0 Å². The lowest BCUT2D eigenvalue weighted by molar-refractivity contribution is 0.0409. The number of aromatic amines is 1. The minimum absolute atomic E-state index is 0.134. The number of benzene rings is 1. The highest BCUT2D eigenvalue weighted by atomic mass is 16.5. The maximum Gasteiger partial charge on any atom is 0.142 e. The summed E-state index contributed by atoms with van der Waals surface area (Å²) in [5.41, 5.74) is 2.09. The van der Waals surface area contributed by atoms with Crippen LogP contribution in [0.4, 0.5) is 5.82 Å². The smallest absolute Gasteiger partial charge is 0.142 e. The molecule has 0 aliphatic carbocycles. The van der Waals surface area contributed by atoms with Crippen molar-refractivity contribution in [2.75, 3.05) is 31.7 Å². The molecular formula is C18H20N4O2. The Bertz CT molecular complexity index is 833. The molecule has 1 aliphatic rings. The topological polar surface area (TPSA) is 63.3 Å². The van der Waals surface area contributed by atoms with E-state index in [4.69, 9.17) is 9.47 Å². The standard InChI is InChI=1S/C18H20N4O2/c1-23-14-4-2-3-13(9-14)10-15-11-22(7-8-24-15)18-16-5-6-19-17(16)20-12-21-18/h2-6,9,12,15H,7-8,10-11H2,1H3,(H,19,20,21)/t15-/m0/s1. The normalized spacial score (nSPS) is 18.0. The Labute approximate surface area is 140 Å². The van der Waals surface area contributed by atoms with Crippen LogP contribution in [0, 0.1) is 0 Å². The second kappa shape index (κ2) is 6.49. The second-order valence-corrected chi connectivity index (χ2v) is 5.93. The SMILES string of the molecule is COc1cccc(C[C@H]2CN(c3ncnc4[nH]ccc34)CCO2)c1. The van der Waals surface area contributed by atoms with E-state index >= 15 is 0 Å². The van der Waals surface area contributed by atoms with Gasteiger partial charge in [0, 0.05) is 25.7 Å². The van der Waals surface area contributed by atoms with E-state index in [-0.39, 0.29) is 6.10 Å². The zero-order valence-corrected chi connectivity index (χ0v) is 13.6. The number of morpholine rings is 1. The molecule has 0 spiro atoms. The molecule has 1 aliphatic heterocycles. The first-order chi connectivity index (χ1) is 11.8. The van der Waals surface area contributed by atoms with Gasteiger partial charge in [0.25, 0.3) is 0 Å². The minimum Gasteiger partial charge on any atom is -0.497 e. The van der Waals surface area contributed by atoms with Crippen molar-refractivity contribution in [1.29, 1.82) is 0 Å². The maximum atomic E-state index is 5.97. The van der Waals surface area contributed by atoms with E-state index in [1.54, 1.807) is 13.4 Å². The number of methoxy groups -OCH3 is 1. The Morgan fingerprint density at radius 1 is 1.33 bits per heavy atom. The average molecular weight is 324 g/mol. The molecule has 2 aromatic heterocycles. The van der Waals surface area contributed by atoms with Gasteiger partial charge in [-0.2, -0.15) is 0 Å². The van der Waals surface area contributed by atoms with Crippen LogP contribution in [0.15, 0.2) is 42.9 Å². The summed E-state index contributed by atoms with van der Waals surface area (Å²) in [6.07, 6.45) is 4.50. The van der Waals surface area contributed by atoms with E-state index < -0.39 is 0 Å². The van der Waals surface area contributed by atoms with Gasteiger partial charge in [-0.15, -0.1) is 0 Å². The Morgan fingerprint density at radius 3 is 3.21 bits per heavy atom. The third-order valence-electron chi connectivity index (χ3n) is 4.37. The van der Waals surface area contributed by atoms with Crippen LogP contribution in [-0.2, 0) is 11.2 Å². The van der Waals surface area contributed by atoms with Gasteiger partial charge in [0.05, 0.1) is 25.2 Å². The number of H-pyrrole nitrogens is 1. The molecule has 0 radical (unpaired) electrons. The third-order valence-corrected chi connectivity index (χ3v) is 4.37. The number of aromatic nitrogens is 3. The number of nitrogens with one attached hydrogen (secondary N) is 1. The Kier molecular flexibility index (Phi) is 4.04. The zero-order chi connectivity index (χ0) is 16.4. The molecule has 1 N–H and O–H groups in total. The largest absolute Gasteiger partial charge is 0.497 e. The highest BCUT2D eigenvalue weighted by Crippen LogP contribution is 2.25. The fourth-order valence-electron chi connectivity index (χ4n) is 3.21. The van der Waals surface area contributed by atoms with Crippen molar-refractivity contribution in [2.24, 2.45) is 0 Å². The molecule has 0 amide bonds. The monoisotopic (exact) mass is 324 g/mol. The van der Waals surface area contributed by atoms with E-state index in [2.05, 4.69) is 32.0 Å². The summed E-state index contributed by atoms with van der Waals surface area (Å²) >= 11 is 0. The molecule has 1 atom stereocenters. The van der Waals surface area contributed by atoms with E-state index in [0.29, 0.717) is 6.61 Å². The molecule has 0 unspecified atom stereocenters. The predicted molar refractivity (Wildman–Crippen MR) is 92.5 cm³/mol. The van der Waals surface area contributed by atoms with Crippen molar-refractivity contribution >= 4 is 16.9 Å². The first-order valence-corrected chi connectivity index (χ1v) is 8.11. The molecule has 124 valence electrons. The number of hydrogen-bond acceptors (Lipinski definition) is 5. The first-order valence-electron chi connectivity index (χ1n) is 8.11. The lowest BCUT2D eigenvalue weighted by Crippen LogP contribution is -2.43. The molecule has 3 heterocycles. The van der Waals surface area contributed by atoms with Crippen molar-refractivity contribution < 1.29 is 9.47 Å². The fraction of sp³-hybridized carbons (Fsp3) is 0.333. The van der Waals surface area contributed by atoms with Gasteiger partial charge in [-0.25, -0.2) is 9.97 Å². The highest BCUT2D eigenvalue weighted by Gasteiger charge is 2.23. The van der Waals surface area contributed by atoms with Crippen LogP contribution in [0.1, 0.15) is 5.56 Å². The molecule has 0 saturated carbocycles. The van der Waals surface area contributed by atoms with Gasteiger partial charge in [-0.05, 0) is 23.8 Å². The molecule has 4 rings (SSSR count). The Hall–Kier alpha value is -2.60. The number of fused-ring (bicyclic) bond motifs is 1. The van der Waals surface area contributed by atoms with E-state index in [1.165, 1.54) is 5.56 Å². The zero-order valence-electron chi connectivity index (χ0n) is 13.6. The number of ether oxygens (including phenoxy) is 2. The van der Waals surface area contributed by atoms with Crippen LogP contribution in [-0.4, -0.2) is 47.9 Å². The molecule has 1 saturated heterocycles. The van der Waals surface area contributed by atoms with Crippen LogP contribution in [0.3, 0.4) is 0 Å². The van der Waals surface area contributed by atoms with Gasteiger partial charge in [0.15, 0.2) is 0 Å². The van der Waals surface area contributed by atoms with Gasteiger partial charge in [-0.3, -0.25) is 0 Å². The van der Waals surface area contributed by atoms with E-state index in [0.717, 1.165) is 42.1 Å². The summed E-state index contributed by atoms with van der Waals surface area (Å²) in [7, 11) is 1.69. The van der Waals surface area contributed by atoms with Gasteiger partial charge in [-0.1, -0.05) is 12.1 Å². The quantitative estimate of drug-likeness (QED) is 0.798.